The molecular formula is C17H24N6O2. The quantitative estimate of drug-likeness (QED) is 0.844. The fourth-order valence-electron chi connectivity index (χ4n) is 3.74. The summed E-state index contributed by atoms with van der Waals surface area (Å²) in [7, 11) is 0. The largest absolute Gasteiger partial charge is 0.476 e. The molecule has 0 radical (unpaired) electrons. The molecule has 3 heterocycles. The first-order valence-corrected chi connectivity index (χ1v) is 8.96. The number of hydrogen-bond donors (Lipinski definition) is 1. The molecule has 4 rings (SSSR count). The third kappa shape index (κ3) is 3.89. The molecule has 8 nitrogen and oxygen atoms in total. The molecule has 1 unspecified atom stereocenters. The first kappa shape index (κ1) is 16.3. The SMILES string of the molecule is OC1(Cn2ccnn2)CCN(c2cncc(OCC3CCCC3)n2)C1. The van der Waals surface area contributed by atoms with Crippen LogP contribution in [0.5, 0.6) is 5.88 Å². The van der Waals surface area contributed by atoms with Crippen LogP contribution in [0.25, 0.3) is 0 Å². The minimum Gasteiger partial charge on any atom is -0.476 e. The Balaban J connectivity index is 1.37. The zero-order valence-electron chi connectivity index (χ0n) is 14.3. The van der Waals surface area contributed by atoms with Crippen molar-refractivity contribution in [3.8, 4) is 5.88 Å². The maximum absolute atomic E-state index is 10.8. The molecule has 1 atom stereocenters. The fraction of sp³-hybridized carbons (Fsp3) is 0.647. The molecule has 2 aromatic heterocycles. The predicted octanol–water partition coefficient (Wildman–Crippen LogP) is 1.28. The van der Waals surface area contributed by atoms with Crippen LogP contribution in [0.3, 0.4) is 0 Å². The third-order valence-electron chi connectivity index (χ3n) is 5.13. The maximum Gasteiger partial charge on any atom is 0.234 e. The van der Waals surface area contributed by atoms with Gasteiger partial charge in [0.15, 0.2) is 5.82 Å². The second kappa shape index (κ2) is 6.95. The van der Waals surface area contributed by atoms with E-state index in [0.717, 1.165) is 12.4 Å². The summed E-state index contributed by atoms with van der Waals surface area (Å²) in [6.45, 7) is 2.36. The Morgan fingerprint density at radius 1 is 1.28 bits per heavy atom. The molecule has 1 aliphatic carbocycles. The summed E-state index contributed by atoms with van der Waals surface area (Å²) in [5, 5.41) is 18.5. The smallest absolute Gasteiger partial charge is 0.234 e. The topological polar surface area (TPSA) is 89.2 Å². The van der Waals surface area contributed by atoms with E-state index < -0.39 is 5.60 Å². The Labute approximate surface area is 146 Å². The number of aromatic nitrogens is 5. The highest BCUT2D eigenvalue weighted by Crippen LogP contribution is 2.28. The van der Waals surface area contributed by atoms with Crippen molar-refractivity contribution >= 4 is 5.82 Å². The van der Waals surface area contributed by atoms with Crippen LogP contribution in [0.15, 0.2) is 24.8 Å². The van der Waals surface area contributed by atoms with E-state index in [9.17, 15) is 5.11 Å². The lowest BCUT2D eigenvalue weighted by Gasteiger charge is -2.23. The highest BCUT2D eigenvalue weighted by Gasteiger charge is 2.37. The van der Waals surface area contributed by atoms with Crippen LogP contribution in [0, 0.1) is 5.92 Å². The van der Waals surface area contributed by atoms with E-state index in [1.54, 1.807) is 29.5 Å². The Bertz CT molecular complexity index is 688. The van der Waals surface area contributed by atoms with Gasteiger partial charge < -0.3 is 14.7 Å². The van der Waals surface area contributed by atoms with Crippen molar-refractivity contribution in [2.75, 3.05) is 24.6 Å². The lowest BCUT2D eigenvalue weighted by Crippen LogP contribution is -2.38. The number of ether oxygens (including phenoxy) is 1. The predicted molar refractivity (Wildman–Crippen MR) is 91.3 cm³/mol. The van der Waals surface area contributed by atoms with Crippen LogP contribution in [-0.2, 0) is 6.54 Å². The minimum atomic E-state index is -0.837. The average Bonchev–Trinajstić information content (AvgIpc) is 3.36. The lowest BCUT2D eigenvalue weighted by atomic mass is 10.0. The highest BCUT2D eigenvalue weighted by atomic mass is 16.5. The van der Waals surface area contributed by atoms with Crippen molar-refractivity contribution in [2.45, 2.75) is 44.2 Å². The van der Waals surface area contributed by atoms with Crippen LogP contribution in [0.2, 0.25) is 0 Å². The molecule has 1 saturated carbocycles. The fourth-order valence-corrected chi connectivity index (χ4v) is 3.74. The van der Waals surface area contributed by atoms with Gasteiger partial charge in [0.25, 0.3) is 0 Å². The zero-order valence-corrected chi connectivity index (χ0v) is 14.3. The molecule has 0 spiro atoms. The van der Waals surface area contributed by atoms with Crippen molar-refractivity contribution in [3.63, 3.8) is 0 Å². The van der Waals surface area contributed by atoms with Gasteiger partial charge in [-0.15, -0.1) is 5.10 Å². The molecule has 8 heteroatoms. The maximum atomic E-state index is 10.8. The van der Waals surface area contributed by atoms with Gasteiger partial charge in [0.2, 0.25) is 5.88 Å². The van der Waals surface area contributed by atoms with Crippen molar-refractivity contribution in [1.29, 1.82) is 0 Å². The van der Waals surface area contributed by atoms with Gasteiger partial charge in [0, 0.05) is 12.7 Å². The van der Waals surface area contributed by atoms with Gasteiger partial charge in [-0.1, -0.05) is 18.1 Å². The first-order chi connectivity index (χ1) is 12.2. The van der Waals surface area contributed by atoms with E-state index >= 15 is 0 Å². The van der Waals surface area contributed by atoms with Crippen molar-refractivity contribution in [2.24, 2.45) is 5.92 Å². The summed E-state index contributed by atoms with van der Waals surface area (Å²) < 4.78 is 7.51. The zero-order chi connectivity index (χ0) is 17.1. The summed E-state index contributed by atoms with van der Waals surface area (Å²) in [5.74, 6) is 1.96. The van der Waals surface area contributed by atoms with Crippen LogP contribution >= 0.6 is 0 Å². The summed E-state index contributed by atoms with van der Waals surface area (Å²) in [5.41, 5.74) is -0.837. The highest BCUT2D eigenvalue weighted by molar-refractivity contribution is 5.40. The summed E-state index contributed by atoms with van der Waals surface area (Å²) in [6.07, 6.45) is 12.5. The molecule has 25 heavy (non-hydrogen) atoms. The molecule has 1 aliphatic heterocycles. The molecule has 1 saturated heterocycles. The monoisotopic (exact) mass is 344 g/mol. The molecule has 0 bridgehead atoms. The Kier molecular flexibility index (Phi) is 4.52. The lowest BCUT2D eigenvalue weighted by molar-refractivity contribution is 0.0408. The van der Waals surface area contributed by atoms with Gasteiger partial charge in [-0.05, 0) is 25.2 Å². The Morgan fingerprint density at radius 2 is 2.16 bits per heavy atom. The number of nitrogens with zero attached hydrogens (tertiary/aromatic N) is 6. The van der Waals surface area contributed by atoms with Crippen molar-refractivity contribution < 1.29 is 9.84 Å². The molecule has 2 fully saturated rings. The molecular weight excluding hydrogens is 320 g/mol. The average molecular weight is 344 g/mol. The van der Waals surface area contributed by atoms with E-state index in [1.807, 2.05) is 4.90 Å². The molecule has 2 aliphatic rings. The second-order valence-corrected chi connectivity index (χ2v) is 7.17. The molecule has 0 amide bonds. The van der Waals surface area contributed by atoms with Gasteiger partial charge in [-0.25, -0.2) is 4.68 Å². The van der Waals surface area contributed by atoms with Gasteiger partial charge in [0.1, 0.15) is 5.60 Å². The van der Waals surface area contributed by atoms with Gasteiger partial charge in [-0.3, -0.25) is 4.98 Å². The third-order valence-corrected chi connectivity index (χ3v) is 5.13. The van der Waals surface area contributed by atoms with E-state index in [0.29, 0.717) is 37.9 Å². The van der Waals surface area contributed by atoms with Gasteiger partial charge in [-0.2, -0.15) is 4.98 Å². The summed E-state index contributed by atoms with van der Waals surface area (Å²) >= 11 is 0. The molecule has 0 aromatic carbocycles. The standard InChI is InChI=1S/C17H24N6O2/c24-17(13-23-8-6-19-21-23)5-7-22(12-17)15-9-18-10-16(20-15)25-11-14-3-1-2-4-14/h6,8-10,14,24H,1-5,7,11-13H2. The van der Waals surface area contributed by atoms with Crippen molar-refractivity contribution in [1.82, 2.24) is 25.0 Å². The Morgan fingerprint density at radius 3 is 2.96 bits per heavy atom. The van der Waals surface area contributed by atoms with E-state index in [2.05, 4.69) is 20.3 Å². The Hall–Kier alpha value is -2.22. The summed E-state index contributed by atoms with van der Waals surface area (Å²) in [6, 6.07) is 0. The number of aliphatic hydroxyl groups is 1. The van der Waals surface area contributed by atoms with Crippen molar-refractivity contribution in [3.05, 3.63) is 24.8 Å². The molecule has 134 valence electrons. The van der Waals surface area contributed by atoms with Crippen LogP contribution in [0.4, 0.5) is 5.82 Å². The molecule has 1 N–H and O–H groups in total. The van der Waals surface area contributed by atoms with E-state index in [4.69, 9.17) is 4.74 Å². The van der Waals surface area contributed by atoms with E-state index in [1.165, 1.54) is 25.7 Å². The molecule has 2 aromatic rings. The summed E-state index contributed by atoms with van der Waals surface area (Å²) in [4.78, 5) is 10.9. The number of β-amino-alcohol motifs (C(OH)–C–C–N with tert-alkyl or cyclic N) is 1. The van der Waals surface area contributed by atoms with Crippen LogP contribution in [0.1, 0.15) is 32.1 Å². The number of hydrogen-bond acceptors (Lipinski definition) is 7. The number of rotatable bonds is 6. The van der Waals surface area contributed by atoms with Gasteiger partial charge in [0.05, 0.1) is 38.3 Å². The normalized spacial score (nSPS) is 24.1. The second-order valence-electron chi connectivity index (χ2n) is 7.17. The first-order valence-electron chi connectivity index (χ1n) is 8.96. The van der Waals surface area contributed by atoms with E-state index in [-0.39, 0.29) is 0 Å². The minimum absolute atomic E-state index is 0.425. The number of anilines is 1. The van der Waals surface area contributed by atoms with Gasteiger partial charge >= 0.3 is 0 Å². The van der Waals surface area contributed by atoms with Crippen LogP contribution in [-0.4, -0.2) is 55.4 Å². The van der Waals surface area contributed by atoms with Crippen LogP contribution < -0.4 is 9.64 Å².